The molecule has 0 spiro atoms. The lowest BCUT2D eigenvalue weighted by Gasteiger charge is -2.28. The molecule has 1 unspecified atom stereocenters. The summed E-state index contributed by atoms with van der Waals surface area (Å²) in [6.07, 6.45) is 2.04. The number of hydrogen-bond donors (Lipinski definition) is 1. The number of carboxylic acid groups (broad SMARTS) is 1. The van der Waals surface area contributed by atoms with E-state index >= 15 is 0 Å². The fraction of sp³-hybridized carbons (Fsp3) is 0.700. The Morgan fingerprint density at radius 2 is 2.15 bits per heavy atom. The van der Waals surface area contributed by atoms with Crippen molar-refractivity contribution >= 4 is 5.97 Å². The summed E-state index contributed by atoms with van der Waals surface area (Å²) < 4.78 is 0. The summed E-state index contributed by atoms with van der Waals surface area (Å²) in [6, 6.07) is 0. The van der Waals surface area contributed by atoms with Gasteiger partial charge in [0, 0.05) is 19.6 Å². The van der Waals surface area contributed by atoms with Gasteiger partial charge in [-0.3, -0.25) is 4.79 Å². The molecule has 3 nitrogen and oxygen atoms in total. The molecule has 0 aromatic heterocycles. The normalized spacial score (nSPS) is 21.5. The number of aliphatic carboxylic acids is 1. The molecule has 1 aliphatic heterocycles. The van der Waals surface area contributed by atoms with Gasteiger partial charge >= 0.3 is 5.97 Å². The molecular weight excluding hydrogens is 166 g/mol. The minimum absolute atomic E-state index is 0.258. The van der Waals surface area contributed by atoms with Gasteiger partial charge in [-0.2, -0.15) is 0 Å². The smallest absolute Gasteiger partial charge is 0.307 e. The second kappa shape index (κ2) is 4.42. The third kappa shape index (κ3) is 3.19. The van der Waals surface area contributed by atoms with Gasteiger partial charge in [0.1, 0.15) is 0 Å². The van der Waals surface area contributed by atoms with Crippen molar-refractivity contribution in [2.75, 3.05) is 19.6 Å². The Hall–Kier alpha value is -0.830. The summed E-state index contributed by atoms with van der Waals surface area (Å²) in [7, 11) is 0. The molecule has 1 fully saturated rings. The van der Waals surface area contributed by atoms with Crippen LogP contribution in [0.1, 0.15) is 19.8 Å². The van der Waals surface area contributed by atoms with Crippen LogP contribution in [0.2, 0.25) is 0 Å². The Kier molecular flexibility index (Phi) is 3.48. The van der Waals surface area contributed by atoms with Crippen molar-refractivity contribution in [2.24, 2.45) is 5.92 Å². The molecule has 1 heterocycles. The predicted molar refractivity (Wildman–Crippen MR) is 51.6 cm³/mol. The Morgan fingerprint density at radius 3 is 2.62 bits per heavy atom. The highest BCUT2D eigenvalue weighted by atomic mass is 16.4. The maximum atomic E-state index is 10.6. The third-order valence-corrected chi connectivity index (χ3v) is 2.52. The summed E-state index contributed by atoms with van der Waals surface area (Å²) in [6.45, 7) is 8.28. The van der Waals surface area contributed by atoms with Gasteiger partial charge < -0.3 is 10.0 Å². The van der Waals surface area contributed by atoms with Crippen LogP contribution in [0.15, 0.2) is 12.2 Å². The maximum absolute atomic E-state index is 10.6. The summed E-state index contributed by atoms with van der Waals surface area (Å²) in [4.78, 5) is 12.8. The zero-order valence-electron chi connectivity index (χ0n) is 8.12. The van der Waals surface area contributed by atoms with Crippen molar-refractivity contribution in [1.29, 1.82) is 0 Å². The highest BCUT2D eigenvalue weighted by molar-refractivity contribution is 5.69. The number of carbonyl (C=O) groups is 1. The Balaban J connectivity index is 2.30. The van der Waals surface area contributed by atoms with Crippen LogP contribution in [0.25, 0.3) is 0 Å². The number of carboxylic acids is 1. The summed E-state index contributed by atoms with van der Waals surface area (Å²) in [5.74, 6) is -0.962. The summed E-state index contributed by atoms with van der Waals surface area (Å²) in [5.41, 5.74) is 1.29. The van der Waals surface area contributed by atoms with E-state index in [1.165, 1.54) is 5.57 Å². The number of piperidine rings is 1. The zero-order chi connectivity index (χ0) is 9.84. The molecule has 0 aromatic carbocycles. The third-order valence-electron chi connectivity index (χ3n) is 2.52. The van der Waals surface area contributed by atoms with E-state index in [2.05, 4.69) is 11.5 Å². The SMILES string of the molecule is C=C1CCN(CC(C)C(=O)O)CC1. The van der Waals surface area contributed by atoms with Crippen LogP contribution in [0.5, 0.6) is 0 Å². The van der Waals surface area contributed by atoms with Gasteiger partial charge in [-0.1, -0.05) is 19.1 Å². The second-order valence-corrected chi connectivity index (χ2v) is 3.79. The first kappa shape index (κ1) is 10.3. The average Bonchev–Trinajstić information content (AvgIpc) is 2.08. The van der Waals surface area contributed by atoms with Crippen LogP contribution < -0.4 is 0 Å². The molecule has 1 atom stereocenters. The molecule has 1 N–H and O–H groups in total. The van der Waals surface area contributed by atoms with E-state index in [1.807, 2.05) is 0 Å². The van der Waals surface area contributed by atoms with Crippen LogP contribution in [-0.2, 0) is 4.79 Å². The average molecular weight is 183 g/mol. The van der Waals surface area contributed by atoms with E-state index in [1.54, 1.807) is 6.92 Å². The molecular formula is C10H17NO2. The van der Waals surface area contributed by atoms with Crippen molar-refractivity contribution in [2.45, 2.75) is 19.8 Å². The van der Waals surface area contributed by atoms with Crippen molar-refractivity contribution in [3.8, 4) is 0 Å². The van der Waals surface area contributed by atoms with Gasteiger partial charge in [-0.15, -0.1) is 0 Å². The summed E-state index contributed by atoms with van der Waals surface area (Å²) >= 11 is 0. The molecule has 0 saturated carbocycles. The molecule has 1 saturated heterocycles. The van der Waals surface area contributed by atoms with Crippen LogP contribution in [-0.4, -0.2) is 35.6 Å². The molecule has 0 aliphatic carbocycles. The Bertz CT molecular complexity index is 203. The maximum Gasteiger partial charge on any atom is 0.307 e. The van der Waals surface area contributed by atoms with Crippen LogP contribution in [0.4, 0.5) is 0 Å². The van der Waals surface area contributed by atoms with Crippen molar-refractivity contribution in [3.05, 3.63) is 12.2 Å². The molecule has 1 rings (SSSR count). The quantitative estimate of drug-likeness (QED) is 0.672. The minimum atomic E-state index is -0.704. The van der Waals surface area contributed by atoms with Gasteiger partial charge in [-0.25, -0.2) is 0 Å². The van der Waals surface area contributed by atoms with Gasteiger partial charge in [0.2, 0.25) is 0 Å². The molecule has 13 heavy (non-hydrogen) atoms. The fourth-order valence-electron chi connectivity index (χ4n) is 1.52. The van der Waals surface area contributed by atoms with E-state index in [9.17, 15) is 4.79 Å². The topological polar surface area (TPSA) is 40.5 Å². The molecule has 74 valence electrons. The molecule has 0 amide bonds. The molecule has 1 aliphatic rings. The van der Waals surface area contributed by atoms with Crippen molar-refractivity contribution < 1.29 is 9.90 Å². The Morgan fingerprint density at radius 1 is 1.62 bits per heavy atom. The molecule has 0 radical (unpaired) electrons. The van der Waals surface area contributed by atoms with Crippen molar-refractivity contribution in [3.63, 3.8) is 0 Å². The Labute approximate surface area is 79.0 Å². The van der Waals surface area contributed by atoms with E-state index in [0.29, 0.717) is 6.54 Å². The van der Waals surface area contributed by atoms with Crippen LogP contribution in [0, 0.1) is 5.92 Å². The number of nitrogens with zero attached hydrogens (tertiary/aromatic N) is 1. The first-order chi connectivity index (χ1) is 6.09. The highest BCUT2D eigenvalue weighted by Crippen LogP contribution is 2.14. The highest BCUT2D eigenvalue weighted by Gasteiger charge is 2.18. The first-order valence-electron chi connectivity index (χ1n) is 4.71. The number of hydrogen-bond acceptors (Lipinski definition) is 2. The number of likely N-dealkylation sites (tertiary alicyclic amines) is 1. The lowest BCUT2D eigenvalue weighted by atomic mass is 10.0. The van der Waals surface area contributed by atoms with E-state index in [-0.39, 0.29) is 5.92 Å². The lowest BCUT2D eigenvalue weighted by Crippen LogP contribution is -2.36. The largest absolute Gasteiger partial charge is 0.481 e. The first-order valence-corrected chi connectivity index (χ1v) is 4.71. The van der Waals surface area contributed by atoms with E-state index < -0.39 is 5.97 Å². The van der Waals surface area contributed by atoms with Gasteiger partial charge in [-0.05, 0) is 12.8 Å². The summed E-state index contributed by atoms with van der Waals surface area (Å²) in [5, 5.41) is 8.72. The number of rotatable bonds is 3. The monoisotopic (exact) mass is 183 g/mol. The minimum Gasteiger partial charge on any atom is -0.481 e. The van der Waals surface area contributed by atoms with E-state index in [0.717, 1.165) is 25.9 Å². The van der Waals surface area contributed by atoms with Gasteiger partial charge in [0.05, 0.1) is 5.92 Å². The van der Waals surface area contributed by atoms with Crippen LogP contribution in [0.3, 0.4) is 0 Å². The molecule has 3 heteroatoms. The van der Waals surface area contributed by atoms with Gasteiger partial charge in [0.25, 0.3) is 0 Å². The molecule has 0 aromatic rings. The predicted octanol–water partition coefficient (Wildman–Crippen LogP) is 1.36. The van der Waals surface area contributed by atoms with E-state index in [4.69, 9.17) is 5.11 Å². The fourth-order valence-corrected chi connectivity index (χ4v) is 1.52. The van der Waals surface area contributed by atoms with Gasteiger partial charge in [0.15, 0.2) is 0 Å². The second-order valence-electron chi connectivity index (χ2n) is 3.79. The lowest BCUT2D eigenvalue weighted by molar-refractivity contribution is -0.141. The zero-order valence-corrected chi connectivity index (χ0v) is 8.12. The van der Waals surface area contributed by atoms with Crippen molar-refractivity contribution in [1.82, 2.24) is 4.90 Å². The molecule has 0 bridgehead atoms. The standard InChI is InChI=1S/C10H17NO2/c1-8-3-5-11(6-4-8)7-9(2)10(12)13/h9H,1,3-7H2,2H3,(H,12,13). The van der Waals surface area contributed by atoms with Crippen LogP contribution >= 0.6 is 0 Å².